The van der Waals surface area contributed by atoms with E-state index in [9.17, 15) is 14.4 Å². The van der Waals surface area contributed by atoms with Crippen LogP contribution in [-0.2, 0) is 9.59 Å². The Morgan fingerprint density at radius 3 is 2.73 bits per heavy atom. The topological polar surface area (TPSA) is 73.5 Å². The average molecular weight is 319 g/mol. The first kappa shape index (κ1) is 14.9. The summed E-state index contributed by atoms with van der Waals surface area (Å²) in [5, 5.41) is -0.381. The Hall–Kier alpha value is -2.02. The molecule has 1 aromatic heterocycles. The molecule has 3 heterocycles. The van der Waals surface area contributed by atoms with Gasteiger partial charge in [-0.25, -0.2) is 0 Å². The van der Waals surface area contributed by atoms with Crippen molar-refractivity contribution in [3.63, 3.8) is 0 Å². The van der Waals surface area contributed by atoms with Crippen molar-refractivity contribution in [1.29, 1.82) is 0 Å². The molecule has 0 aromatic carbocycles. The number of aromatic nitrogens is 1. The molecular formula is C15H17N3O3S. The molecule has 2 aliphatic rings. The predicted octanol–water partition coefficient (Wildman–Crippen LogP) is 2.06. The van der Waals surface area contributed by atoms with E-state index >= 15 is 0 Å². The summed E-state index contributed by atoms with van der Waals surface area (Å²) in [7, 11) is 0. The van der Waals surface area contributed by atoms with Crippen LogP contribution >= 0.6 is 11.8 Å². The molecule has 0 saturated carbocycles. The van der Waals surface area contributed by atoms with E-state index in [4.69, 9.17) is 0 Å². The monoisotopic (exact) mass is 319 g/mol. The Morgan fingerprint density at radius 2 is 2.05 bits per heavy atom. The second-order valence-corrected chi connectivity index (χ2v) is 6.33. The third kappa shape index (κ3) is 3.09. The summed E-state index contributed by atoms with van der Waals surface area (Å²) >= 11 is 0.876. The molecule has 2 saturated heterocycles. The van der Waals surface area contributed by atoms with E-state index in [0.717, 1.165) is 41.6 Å². The third-order valence-electron chi connectivity index (χ3n) is 3.78. The highest BCUT2D eigenvalue weighted by Gasteiger charge is 2.37. The van der Waals surface area contributed by atoms with Gasteiger partial charge >= 0.3 is 0 Å². The number of rotatable bonds is 3. The summed E-state index contributed by atoms with van der Waals surface area (Å²) in [5.74, 6) is -0.543. The number of piperidine rings is 1. The number of imide groups is 1. The van der Waals surface area contributed by atoms with Gasteiger partial charge in [-0.3, -0.25) is 19.3 Å². The summed E-state index contributed by atoms with van der Waals surface area (Å²) in [5.41, 5.74) is 0.757. The third-order valence-corrected chi connectivity index (χ3v) is 4.69. The second-order valence-electron chi connectivity index (χ2n) is 5.33. The maximum atomic E-state index is 12.3. The zero-order valence-electron chi connectivity index (χ0n) is 12.1. The highest BCUT2D eigenvalue weighted by molar-refractivity contribution is 8.18. The van der Waals surface area contributed by atoms with Gasteiger partial charge < -0.3 is 9.88 Å². The number of hydrogen-bond donors (Lipinski definition) is 1. The molecule has 0 radical (unpaired) electrons. The van der Waals surface area contributed by atoms with Gasteiger partial charge in [0.1, 0.15) is 6.54 Å². The van der Waals surface area contributed by atoms with Crippen LogP contribution in [-0.4, -0.2) is 51.5 Å². The molecule has 2 fully saturated rings. The number of aromatic amines is 1. The highest BCUT2D eigenvalue weighted by atomic mass is 32.2. The second kappa shape index (κ2) is 6.39. The van der Waals surface area contributed by atoms with Crippen molar-refractivity contribution in [2.45, 2.75) is 19.3 Å². The van der Waals surface area contributed by atoms with Crippen molar-refractivity contribution in [2.24, 2.45) is 0 Å². The van der Waals surface area contributed by atoms with E-state index in [-0.39, 0.29) is 17.7 Å². The van der Waals surface area contributed by atoms with Crippen LogP contribution in [0.2, 0.25) is 0 Å². The maximum absolute atomic E-state index is 12.3. The van der Waals surface area contributed by atoms with Crippen molar-refractivity contribution < 1.29 is 14.4 Å². The maximum Gasteiger partial charge on any atom is 0.294 e. The van der Waals surface area contributed by atoms with Gasteiger partial charge in [-0.2, -0.15) is 0 Å². The Morgan fingerprint density at radius 1 is 1.27 bits per heavy atom. The van der Waals surface area contributed by atoms with Crippen LogP contribution in [0, 0.1) is 0 Å². The minimum atomic E-state index is -0.394. The average Bonchev–Trinajstić information content (AvgIpc) is 3.12. The fraction of sp³-hybridized carbons (Fsp3) is 0.400. The first-order chi connectivity index (χ1) is 10.6. The smallest absolute Gasteiger partial charge is 0.294 e. The van der Waals surface area contributed by atoms with E-state index in [0.29, 0.717) is 18.0 Å². The molecule has 2 aliphatic heterocycles. The number of H-pyrrole nitrogens is 1. The van der Waals surface area contributed by atoms with E-state index < -0.39 is 5.91 Å². The molecular weight excluding hydrogens is 302 g/mol. The zero-order valence-corrected chi connectivity index (χ0v) is 12.9. The van der Waals surface area contributed by atoms with Gasteiger partial charge in [-0.15, -0.1) is 0 Å². The molecule has 0 atom stereocenters. The Labute approximate surface area is 132 Å². The molecule has 3 rings (SSSR count). The van der Waals surface area contributed by atoms with Gasteiger partial charge in [0, 0.05) is 25.0 Å². The first-order valence-electron chi connectivity index (χ1n) is 7.32. The molecule has 0 unspecified atom stereocenters. The lowest BCUT2D eigenvalue weighted by Gasteiger charge is -2.27. The number of nitrogens with one attached hydrogen (secondary N) is 1. The molecule has 22 heavy (non-hydrogen) atoms. The molecule has 0 bridgehead atoms. The van der Waals surface area contributed by atoms with E-state index in [1.807, 2.05) is 12.1 Å². The van der Waals surface area contributed by atoms with Crippen molar-refractivity contribution in [3.05, 3.63) is 28.9 Å². The predicted molar refractivity (Wildman–Crippen MR) is 83.9 cm³/mol. The summed E-state index contributed by atoms with van der Waals surface area (Å²) in [6.07, 6.45) is 6.48. The summed E-state index contributed by atoms with van der Waals surface area (Å²) < 4.78 is 0. The van der Waals surface area contributed by atoms with E-state index in [1.54, 1.807) is 17.2 Å². The number of carbonyl (C=O) groups is 3. The molecule has 6 nitrogen and oxygen atoms in total. The van der Waals surface area contributed by atoms with Crippen LogP contribution < -0.4 is 0 Å². The van der Waals surface area contributed by atoms with Crippen molar-refractivity contribution in [3.8, 4) is 0 Å². The Kier molecular flexibility index (Phi) is 4.33. The molecule has 7 heteroatoms. The lowest BCUT2D eigenvalue weighted by atomic mass is 10.1. The van der Waals surface area contributed by atoms with Crippen molar-refractivity contribution >= 4 is 34.9 Å². The number of hydrogen-bond acceptors (Lipinski definition) is 4. The summed E-state index contributed by atoms with van der Waals surface area (Å²) in [6, 6.07) is 3.63. The van der Waals surface area contributed by atoms with Crippen LogP contribution in [0.3, 0.4) is 0 Å². The number of carbonyl (C=O) groups excluding carboxylic acids is 3. The van der Waals surface area contributed by atoms with Crippen molar-refractivity contribution in [1.82, 2.24) is 14.8 Å². The van der Waals surface area contributed by atoms with Gasteiger partial charge in [0.2, 0.25) is 5.91 Å². The molecule has 116 valence electrons. The van der Waals surface area contributed by atoms with Crippen LogP contribution in [0.25, 0.3) is 6.08 Å². The van der Waals surface area contributed by atoms with Crippen LogP contribution in [0.1, 0.15) is 25.0 Å². The molecule has 0 spiro atoms. The number of nitrogens with zero attached hydrogens (tertiary/aromatic N) is 2. The summed E-state index contributed by atoms with van der Waals surface area (Å²) in [6.45, 7) is 1.27. The number of likely N-dealkylation sites (tertiary alicyclic amines) is 1. The lowest BCUT2D eigenvalue weighted by molar-refractivity contribution is -0.136. The summed E-state index contributed by atoms with van der Waals surface area (Å²) in [4.78, 5) is 42.6. The minimum Gasteiger partial charge on any atom is -0.362 e. The molecule has 1 N–H and O–H groups in total. The first-order valence-corrected chi connectivity index (χ1v) is 8.13. The number of amides is 3. The molecule has 0 aliphatic carbocycles. The SMILES string of the molecule is O=C(CN1C(=O)S/C(=C\c2ccc[nH]2)C1=O)N1CCCCC1. The van der Waals surface area contributed by atoms with Gasteiger partial charge in [-0.05, 0) is 49.2 Å². The van der Waals surface area contributed by atoms with Crippen LogP contribution in [0.4, 0.5) is 4.79 Å². The Balaban J connectivity index is 1.68. The van der Waals surface area contributed by atoms with Crippen molar-refractivity contribution in [2.75, 3.05) is 19.6 Å². The van der Waals surface area contributed by atoms with Crippen LogP contribution in [0.5, 0.6) is 0 Å². The van der Waals surface area contributed by atoms with Gasteiger partial charge in [0.15, 0.2) is 0 Å². The Bertz CT molecular complexity index is 618. The van der Waals surface area contributed by atoms with Crippen LogP contribution in [0.15, 0.2) is 23.2 Å². The molecule has 3 amide bonds. The largest absolute Gasteiger partial charge is 0.362 e. The fourth-order valence-electron chi connectivity index (χ4n) is 2.59. The van der Waals surface area contributed by atoms with E-state index in [2.05, 4.69) is 4.98 Å². The minimum absolute atomic E-state index is 0.150. The van der Waals surface area contributed by atoms with Gasteiger partial charge in [0.25, 0.3) is 11.1 Å². The highest BCUT2D eigenvalue weighted by Crippen LogP contribution is 2.31. The lowest BCUT2D eigenvalue weighted by Crippen LogP contribution is -2.44. The quantitative estimate of drug-likeness (QED) is 0.866. The standard InChI is InChI=1S/C15H17N3O3S/c19-13(17-7-2-1-3-8-17)10-18-14(20)12(22-15(18)21)9-11-5-4-6-16-11/h4-6,9,16H,1-3,7-8,10H2/b12-9-. The van der Waals surface area contributed by atoms with Gasteiger partial charge in [-0.1, -0.05) is 0 Å². The van der Waals surface area contributed by atoms with Gasteiger partial charge in [0.05, 0.1) is 4.91 Å². The number of thioether (sulfide) groups is 1. The molecule has 1 aromatic rings. The zero-order chi connectivity index (χ0) is 15.5. The van der Waals surface area contributed by atoms with E-state index in [1.165, 1.54) is 0 Å². The fourth-order valence-corrected chi connectivity index (χ4v) is 3.42. The normalized spacial score (nSPS) is 21.0.